The number of hydrogen-bond donors (Lipinski definition) is 1. The van der Waals surface area contributed by atoms with E-state index in [9.17, 15) is 4.79 Å². The lowest BCUT2D eigenvalue weighted by molar-refractivity contribution is 0.102. The van der Waals surface area contributed by atoms with E-state index in [2.05, 4.69) is 31.4 Å². The predicted octanol–water partition coefficient (Wildman–Crippen LogP) is 3.32. The topological polar surface area (TPSA) is 74.0 Å². The van der Waals surface area contributed by atoms with E-state index < -0.39 is 0 Å². The van der Waals surface area contributed by atoms with Crippen LogP contribution in [-0.4, -0.2) is 25.5 Å². The Morgan fingerprint density at radius 2 is 2.12 bits per heavy atom. The molecule has 3 rings (SSSR count). The summed E-state index contributed by atoms with van der Waals surface area (Å²) in [6, 6.07) is 8.63. The maximum Gasteiger partial charge on any atom is 0.277 e. The van der Waals surface area contributed by atoms with Gasteiger partial charge in [0, 0.05) is 30.0 Å². The lowest BCUT2D eigenvalue weighted by atomic mass is 10.3. The summed E-state index contributed by atoms with van der Waals surface area (Å²) in [6.07, 6.45) is 3.39. The van der Waals surface area contributed by atoms with Crippen LogP contribution in [0.5, 0.6) is 5.75 Å². The van der Waals surface area contributed by atoms with Crippen LogP contribution in [0.3, 0.4) is 0 Å². The molecule has 7 nitrogen and oxygen atoms in total. The number of hydrogen-bond acceptors (Lipinski definition) is 4. The normalized spacial score (nSPS) is 10.6. The summed E-state index contributed by atoms with van der Waals surface area (Å²) in [5, 5.41) is 11.4. The van der Waals surface area contributed by atoms with E-state index in [0.717, 1.165) is 4.47 Å². The molecule has 0 saturated heterocycles. The third-order valence-electron chi connectivity index (χ3n) is 3.07. The molecule has 1 amide bonds. The molecule has 1 N–H and O–H groups in total. The zero-order valence-electron chi connectivity index (χ0n) is 12.6. The first kappa shape index (κ1) is 16.5. The van der Waals surface area contributed by atoms with Crippen LogP contribution in [-0.2, 0) is 13.8 Å². The Bertz CT molecular complexity index is 876. The van der Waals surface area contributed by atoms with Crippen molar-refractivity contribution in [3.05, 3.63) is 57.9 Å². The van der Waals surface area contributed by atoms with Gasteiger partial charge < -0.3 is 10.1 Å². The number of carbonyl (C=O) groups is 1. The van der Waals surface area contributed by atoms with E-state index in [4.69, 9.17) is 16.3 Å². The van der Waals surface area contributed by atoms with E-state index in [0.29, 0.717) is 16.6 Å². The van der Waals surface area contributed by atoms with Crippen molar-refractivity contribution in [1.82, 2.24) is 19.6 Å². The van der Waals surface area contributed by atoms with E-state index in [1.807, 2.05) is 6.07 Å². The standard InChI is InChI=1S/C15H13BrClN5O2/c1-21-6-5-14(20-21)18-15(23)12-4-7-22(19-12)9-24-13-3-2-10(16)8-11(13)17/h2-8H,9H2,1H3,(H,18,20,23). The molecule has 9 heteroatoms. The van der Waals surface area contributed by atoms with Gasteiger partial charge in [0.25, 0.3) is 5.91 Å². The number of nitrogens with zero attached hydrogens (tertiary/aromatic N) is 4. The van der Waals surface area contributed by atoms with Crippen molar-refractivity contribution in [2.45, 2.75) is 6.73 Å². The fraction of sp³-hybridized carbons (Fsp3) is 0.133. The van der Waals surface area contributed by atoms with Crippen molar-refractivity contribution < 1.29 is 9.53 Å². The van der Waals surface area contributed by atoms with Gasteiger partial charge in [0.1, 0.15) is 5.75 Å². The lowest BCUT2D eigenvalue weighted by Gasteiger charge is -2.08. The molecule has 0 unspecified atom stereocenters. The molecule has 0 aliphatic heterocycles. The number of rotatable bonds is 5. The highest BCUT2D eigenvalue weighted by Gasteiger charge is 2.11. The number of aryl methyl sites for hydroxylation is 1. The molecule has 124 valence electrons. The van der Waals surface area contributed by atoms with Crippen molar-refractivity contribution in [3.8, 4) is 5.75 Å². The van der Waals surface area contributed by atoms with Crippen LogP contribution >= 0.6 is 27.5 Å². The molecule has 0 spiro atoms. The van der Waals surface area contributed by atoms with Gasteiger partial charge in [-0.15, -0.1) is 0 Å². The molecule has 2 heterocycles. The first-order valence-corrected chi connectivity index (χ1v) is 8.10. The van der Waals surface area contributed by atoms with Crippen LogP contribution in [0.2, 0.25) is 5.02 Å². The van der Waals surface area contributed by atoms with Crippen LogP contribution in [0.15, 0.2) is 47.2 Å². The molecule has 0 aliphatic carbocycles. The maximum atomic E-state index is 12.1. The molecule has 0 bridgehead atoms. The molecule has 0 fully saturated rings. The SMILES string of the molecule is Cn1ccc(NC(=O)c2ccn(COc3ccc(Br)cc3Cl)n2)n1. The zero-order chi connectivity index (χ0) is 17.1. The summed E-state index contributed by atoms with van der Waals surface area (Å²) < 4.78 is 9.57. The van der Waals surface area contributed by atoms with Gasteiger partial charge >= 0.3 is 0 Å². The van der Waals surface area contributed by atoms with Gasteiger partial charge in [-0.1, -0.05) is 27.5 Å². The minimum absolute atomic E-state index is 0.137. The minimum Gasteiger partial charge on any atom is -0.470 e. The minimum atomic E-state index is -0.339. The summed E-state index contributed by atoms with van der Waals surface area (Å²) in [6.45, 7) is 0.137. The van der Waals surface area contributed by atoms with Crippen LogP contribution in [0.1, 0.15) is 10.5 Å². The largest absolute Gasteiger partial charge is 0.470 e. The average molecular weight is 411 g/mol. The van der Waals surface area contributed by atoms with Gasteiger partial charge in [-0.2, -0.15) is 10.2 Å². The van der Waals surface area contributed by atoms with E-state index in [1.165, 1.54) is 4.68 Å². The number of amides is 1. The molecule has 2 aromatic heterocycles. The molecule has 0 radical (unpaired) electrons. The van der Waals surface area contributed by atoms with Gasteiger partial charge in [0.05, 0.1) is 5.02 Å². The number of carbonyl (C=O) groups excluding carboxylic acids is 1. The molecule has 0 aliphatic rings. The average Bonchev–Trinajstić information content (AvgIpc) is 3.15. The van der Waals surface area contributed by atoms with Gasteiger partial charge in [0.2, 0.25) is 0 Å². The Morgan fingerprint density at radius 1 is 1.29 bits per heavy atom. The van der Waals surface area contributed by atoms with E-state index >= 15 is 0 Å². The van der Waals surface area contributed by atoms with Crippen molar-refractivity contribution >= 4 is 39.3 Å². The Hall–Kier alpha value is -2.32. The third-order valence-corrected chi connectivity index (χ3v) is 3.86. The maximum absolute atomic E-state index is 12.1. The highest BCUT2D eigenvalue weighted by Crippen LogP contribution is 2.27. The number of ether oxygens (including phenoxy) is 1. The third kappa shape index (κ3) is 3.95. The van der Waals surface area contributed by atoms with Crippen LogP contribution in [0.25, 0.3) is 0 Å². The Balaban J connectivity index is 1.61. The quantitative estimate of drug-likeness (QED) is 0.700. The second kappa shape index (κ2) is 7.06. The summed E-state index contributed by atoms with van der Waals surface area (Å²) in [7, 11) is 1.77. The number of nitrogens with one attached hydrogen (secondary N) is 1. The first-order chi connectivity index (χ1) is 11.5. The summed E-state index contributed by atoms with van der Waals surface area (Å²) in [5.41, 5.74) is 0.270. The van der Waals surface area contributed by atoms with E-state index in [1.54, 1.807) is 48.4 Å². The van der Waals surface area contributed by atoms with Crippen molar-refractivity contribution in [2.75, 3.05) is 5.32 Å². The Kier molecular flexibility index (Phi) is 4.86. The van der Waals surface area contributed by atoms with Crippen LogP contribution in [0.4, 0.5) is 5.82 Å². The van der Waals surface area contributed by atoms with Gasteiger partial charge in [0.15, 0.2) is 18.2 Å². The smallest absolute Gasteiger partial charge is 0.277 e. The fourth-order valence-electron chi connectivity index (χ4n) is 1.94. The van der Waals surface area contributed by atoms with Crippen LogP contribution in [0, 0.1) is 0 Å². The zero-order valence-corrected chi connectivity index (χ0v) is 15.0. The summed E-state index contributed by atoms with van der Waals surface area (Å²) >= 11 is 9.42. The van der Waals surface area contributed by atoms with Crippen LogP contribution < -0.4 is 10.1 Å². The van der Waals surface area contributed by atoms with Gasteiger partial charge in [-0.25, -0.2) is 4.68 Å². The highest BCUT2D eigenvalue weighted by molar-refractivity contribution is 9.10. The first-order valence-electron chi connectivity index (χ1n) is 6.93. The number of aromatic nitrogens is 4. The highest BCUT2D eigenvalue weighted by atomic mass is 79.9. The molecule has 1 aromatic carbocycles. The van der Waals surface area contributed by atoms with Crippen molar-refractivity contribution in [2.24, 2.45) is 7.05 Å². The molecule has 0 saturated carbocycles. The van der Waals surface area contributed by atoms with Gasteiger partial charge in [-0.3, -0.25) is 9.48 Å². The second-order valence-corrected chi connectivity index (χ2v) is 6.24. The monoisotopic (exact) mass is 409 g/mol. The summed E-state index contributed by atoms with van der Waals surface area (Å²) in [5.74, 6) is 0.666. The number of anilines is 1. The lowest BCUT2D eigenvalue weighted by Crippen LogP contribution is -2.14. The van der Waals surface area contributed by atoms with Crippen molar-refractivity contribution in [1.29, 1.82) is 0 Å². The van der Waals surface area contributed by atoms with E-state index in [-0.39, 0.29) is 18.3 Å². The second-order valence-electron chi connectivity index (χ2n) is 4.92. The molecular weight excluding hydrogens is 398 g/mol. The predicted molar refractivity (Wildman–Crippen MR) is 93.2 cm³/mol. The number of benzene rings is 1. The fourth-order valence-corrected chi connectivity index (χ4v) is 2.67. The number of halogens is 2. The van der Waals surface area contributed by atoms with Crippen molar-refractivity contribution in [3.63, 3.8) is 0 Å². The molecule has 3 aromatic rings. The Labute approximate surface area is 151 Å². The summed E-state index contributed by atoms with van der Waals surface area (Å²) in [4.78, 5) is 12.1. The molecule has 0 atom stereocenters. The van der Waals surface area contributed by atoms with Gasteiger partial charge in [-0.05, 0) is 24.3 Å². The Morgan fingerprint density at radius 3 is 2.83 bits per heavy atom. The molecular formula is C15H13BrClN5O2. The molecule has 24 heavy (non-hydrogen) atoms.